The minimum Gasteiger partial charge on any atom is -0.365 e. The van der Waals surface area contributed by atoms with Crippen molar-refractivity contribution >= 4 is 33.0 Å². The number of rotatable bonds is 5. The van der Waals surface area contributed by atoms with E-state index in [-0.39, 0.29) is 23.3 Å². The highest BCUT2D eigenvalue weighted by Gasteiger charge is 2.29. The second-order valence-corrected chi connectivity index (χ2v) is 9.28. The van der Waals surface area contributed by atoms with Crippen molar-refractivity contribution in [3.8, 4) is 0 Å². The Balaban J connectivity index is 1.67. The Morgan fingerprint density at radius 1 is 1.28 bits per heavy atom. The molecular formula is C17H20N2O4S2. The van der Waals surface area contributed by atoms with Gasteiger partial charge in [0.1, 0.15) is 10.8 Å². The van der Waals surface area contributed by atoms with Crippen molar-refractivity contribution in [2.24, 2.45) is 0 Å². The highest BCUT2D eigenvalue weighted by molar-refractivity contribution is 7.91. The molecule has 2 aromatic rings. The Kier molecular flexibility index (Phi) is 5.24. The van der Waals surface area contributed by atoms with Gasteiger partial charge in [-0.25, -0.2) is 13.1 Å². The number of anilines is 1. The van der Waals surface area contributed by atoms with Crippen LogP contribution in [0.15, 0.2) is 40.6 Å². The number of aryl methyl sites for hydroxylation is 2. The predicted molar refractivity (Wildman–Crippen MR) is 97.5 cm³/mol. The SMILES string of the molecule is Cc1cccc(N2CC(CNS(=O)(=O)c3ccc(C)s3)OCC2=O)c1. The molecule has 1 saturated heterocycles. The summed E-state index contributed by atoms with van der Waals surface area (Å²) in [6.07, 6.45) is -0.394. The third kappa shape index (κ3) is 4.27. The maximum Gasteiger partial charge on any atom is 0.253 e. The van der Waals surface area contributed by atoms with Crippen LogP contribution in [0.25, 0.3) is 0 Å². The molecule has 1 fully saturated rings. The minimum absolute atomic E-state index is 0.0571. The van der Waals surface area contributed by atoms with E-state index in [1.807, 2.05) is 38.1 Å². The van der Waals surface area contributed by atoms with Gasteiger partial charge in [-0.2, -0.15) is 0 Å². The largest absolute Gasteiger partial charge is 0.365 e. The standard InChI is InChI=1S/C17H20N2O4S2/c1-12-4-3-5-14(8-12)19-10-15(23-11-16(19)20)9-18-25(21,22)17-7-6-13(2)24-17/h3-8,15,18H,9-11H2,1-2H3. The highest BCUT2D eigenvalue weighted by Crippen LogP contribution is 2.22. The summed E-state index contributed by atoms with van der Waals surface area (Å²) >= 11 is 1.22. The van der Waals surface area contributed by atoms with E-state index in [2.05, 4.69) is 4.72 Å². The van der Waals surface area contributed by atoms with Gasteiger partial charge in [-0.05, 0) is 43.7 Å². The number of sulfonamides is 1. The van der Waals surface area contributed by atoms with Gasteiger partial charge in [0.05, 0.1) is 12.6 Å². The summed E-state index contributed by atoms with van der Waals surface area (Å²) in [7, 11) is -3.56. The Bertz CT molecular complexity index is 876. The fourth-order valence-electron chi connectivity index (χ4n) is 2.62. The average Bonchev–Trinajstić information content (AvgIpc) is 3.01. The molecule has 1 aliphatic rings. The summed E-state index contributed by atoms with van der Waals surface area (Å²) in [6, 6.07) is 11.0. The maximum absolute atomic E-state index is 12.3. The van der Waals surface area contributed by atoms with Gasteiger partial charge >= 0.3 is 0 Å². The highest BCUT2D eigenvalue weighted by atomic mass is 32.2. The zero-order valence-electron chi connectivity index (χ0n) is 14.1. The summed E-state index contributed by atoms with van der Waals surface area (Å²) in [5.74, 6) is -0.126. The van der Waals surface area contributed by atoms with Crippen LogP contribution < -0.4 is 9.62 Å². The maximum atomic E-state index is 12.3. The monoisotopic (exact) mass is 380 g/mol. The van der Waals surface area contributed by atoms with Crippen LogP contribution in [0.3, 0.4) is 0 Å². The number of carbonyl (C=O) groups excluding carboxylic acids is 1. The summed E-state index contributed by atoms with van der Waals surface area (Å²) < 4.78 is 33.0. The second-order valence-electron chi connectivity index (χ2n) is 5.99. The van der Waals surface area contributed by atoms with Crippen LogP contribution in [-0.4, -0.2) is 40.1 Å². The number of thiophene rings is 1. The molecular weight excluding hydrogens is 360 g/mol. The van der Waals surface area contributed by atoms with Gasteiger partial charge in [-0.15, -0.1) is 11.3 Å². The van der Waals surface area contributed by atoms with Crippen LogP contribution in [0.2, 0.25) is 0 Å². The molecule has 1 aromatic carbocycles. The number of nitrogens with zero attached hydrogens (tertiary/aromatic N) is 1. The van der Waals surface area contributed by atoms with E-state index in [4.69, 9.17) is 4.74 Å². The summed E-state index contributed by atoms with van der Waals surface area (Å²) in [4.78, 5) is 14.7. The summed E-state index contributed by atoms with van der Waals surface area (Å²) in [5, 5.41) is 0. The van der Waals surface area contributed by atoms with Crippen LogP contribution in [0.4, 0.5) is 5.69 Å². The first-order valence-electron chi connectivity index (χ1n) is 7.90. The van der Waals surface area contributed by atoms with Crippen molar-refractivity contribution in [1.82, 2.24) is 4.72 Å². The minimum atomic E-state index is -3.56. The molecule has 0 radical (unpaired) electrons. The number of hydrogen-bond donors (Lipinski definition) is 1. The lowest BCUT2D eigenvalue weighted by Crippen LogP contribution is -2.50. The van der Waals surface area contributed by atoms with Crippen molar-refractivity contribution in [2.45, 2.75) is 24.2 Å². The molecule has 25 heavy (non-hydrogen) atoms. The zero-order chi connectivity index (χ0) is 18.0. The van der Waals surface area contributed by atoms with Crippen LogP contribution in [-0.2, 0) is 19.6 Å². The number of benzene rings is 1. The third-order valence-electron chi connectivity index (χ3n) is 3.92. The molecule has 6 nitrogen and oxygen atoms in total. The Morgan fingerprint density at radius 3 is 2.76 bits per heavy atom. The molecule has 1 aromatic heterocycles. The molecule has 1 amide bonds. The number of morpholine rings is 1. The Morgan fingerprint density at radius 2 is 2.08 bits per heavy atom. The van der Waals surface area contributed by atoms with Crippen molar-refractivity contribution in [3.05, 3.63) is 46.8 Å². The molecule has 0 bridgehead atoms. The Hall–Kier alpha value is -1.74. The molecule has 134 valence electrons. The topological polar surface area (TPSA) is 75.7 Å². The van der Waals surface area contributed by atoms with Crippen LogP contribution in [0, 0.1) is 13.8 Å². The van der Waals surface area contributed by atoms with Gasteiger partial charge < -0.3 is 9.64 Å². The van der Waals surface area contributed by atoms with E-state index in [0.717, 1.165) is 16.1 Å². The van der Waals surface area contributed by atoms with Crippen molar-refractivity contribution < 1.29 is 17.9 Å². The lowest BCUT2D eigenvalue weighted by molar-refractivity contribution is -0.129. The van der Waals surface area contributed by atoms with Crippen LogP contribution in [0.5, 0.6) is 0 Å². The molecule has 1 N–H and O–H groups in total. The quantitative estimate of drug-likeness (QED) is 0.862. The van der Waals surface area contributed by atoms with Crippen LogP contribution in [0.1, 0.15) is 10.4 Å². The van der Waals surface area contributed by atoms with Crippen LogP contribution >= 0.6 is 11.3 Å². The molecule has 1 unspecified atom stereocenters. The first-order chi connectivity index (χ1) is 11.8. The summed E-state index contributed by atoms with van der Waals surface area (Å²) in [5.41, 5.74) is 1.86. The smallest absolute Gasteiger partial charge is 0.253 e. The van der Waals surface area contributed by atoms with Gasteiger partial charge in [0.2, 0.25) is 10.0 Å². The number of carbonyl (C=O) groups is 1. The number of ether oxygens (including phenoxy) is 1. The van der Waals surface area contributed by atoms with Gasteiger partial charge in [-0.3, -0.25) is 4.79 Å². The van der Waals surface area contributed by atoms with E-state index >= 15 is 0 Å². The van der Waals surface area contributed by atoms with E-state index < -0.39 is 16.1 Å². The normalized spacial score (nSPS) is 18.6. The lowest BCUT2D eigenvalue weighted by Gasteiger charge is -2.33. The fraction of sp³-hybridized carbons (Fsp3) is 0.353. The fourth-order valence-corrected chi connectivity index (χ4v) is 5.02. The Labute approximate surface area is 151 Å². The van der Waals surface area contributed by atoms with Gasteiger partial charge in [-0.1, -0.05) is 12.1 Å². The molecule has 0 saturated carbocycles. The van der Waals surface area contributed by atoms with Crippen molar-refractivity contribution in [3.63, 3.8) is 0 Å². The molecule has 8 heteroatoms. The van der Waals surface area contributed by atoms with E-state index in [1.54, 1.807) is 17.0 Å². The lowest BCUT2D eigenvalue weighted by atomic mass is 10.2. The van der Waals surface area contributed by atoms with E-state index in [0.29, 0.717) is 6.54 Å². The first kappa shape index (κ1) is 18.1. The molecule has 1 aliphatic heterocycles. The van der Waals surface area contributed by atoms with Crippen molar-refractivity contribution in [2.75, 3.05) is 24.6 Å². The van der Waals surface area contributed by atoms with E-state index in [9.17, 15) is 13.2 Å². The molecule has 2 heterocycles. The van der Waals surface area contributed by atoms with E-state index in [1.165, 1.54) is 11.3 Å². The molecule has 1 atom stereocenters. The average molecular weight is 380 g/mol. The zero-order valence-corrected chi connectivity index (χ0v) is 15.7. The molecule has 0 spiro atoms. The van der Waals surface area contributed by atoms with Gasteiger partial charge in [0, 0.05) is 17.1 Å². The first-order valence-corrected chi connectivity index (χ1v) is 10.2. The molecule has 3 rings (SSSR count). The van der Waals surface area contributed by atoms with Gasteiger partial charge in [0.15, 0.2) is 0 Å². The third-order valence-corrected chi connectivity index (χ3v) is 6.84. The second kappa shape index (κ2) is 7.25. The number of amides is 1. The van der Waals surface area contributed by atoms with Crippen molar-refractivity contribution in [1.29, 1.82) is 0 Å². The molecule has 0 aliphatic carbocycles. The van der Waals surface area contributed by atoms with Gasteiger partial charge in [0.25, 0.3) is 5.91 Å². The number of hydrogen-bond acceptors (Lipinski definition) is 5. The summed E-state index contributed by atoms with van der Waals surface area (Å²) in [6.45, 7) is 4.20. The predicted octanol–water partition coefficient (Wildman–Crippen LogP) is 2.08. The number of nitrogens with one attached hydrogen (secondary N) is 1.